The van der Waals surface area contributed by atoms with Crippen LogP contribution in [0.5, 0.6) is 0 Å². The van der Waals surface area contributed by atoms with Crippen LogP contribution in [0.2, 0.25) is 0 Å². The Morgan fingerprint density at radius 2 is 1.93 bits per heavy atom. The highest BCUT2D eigenvalue weighted by molar-refractivity contribution is 5.19. The van der Waals surface area contributed by atoms with Gasteiger partial charge in [0, 0.05) is 13.2 Å². The Hall–Kier alpha value is -0.860. The average Bonchev–Trinajstić information content (AvgIpc) is 2.21. The van der Waals surface area contributed by atoms with E-state index in [0.717, 1.165) is 18.4 Å². The third-order valence-electron chi connectivity index (χ3n) is 2.39. The van der Waals surface area contributed by atoms with Crippen LogP contribution in [-0.4, -0.2) is 13.2 Å². The molecule has 2 nitrogen and oxygen atoms in total. The molecule has 0 radical (unpaired) electrons. The summed E-state index contributed by atoms with van der Waals surface area (Å²) in [6.45, 7) is 2.14. The molecule has 2 atom stereocenters. The smallest absolute Gasteiger partial charge is 0.0971 e. The van der Waals surface area contributed by atoms with E-state index in [9.17, 15) is 0 Å². The fourth-order valence-corrected chi connectivity index (χ4v) is 1.69. The average molecular weight is 193 g/mol. The van der Waals surface area contributed by atoms with Gasteiger partial charge in [-0.1, -0.05) is 43.7 Å². The minimum Gasteiger partial charge on any atom is -0.375 e. The molecule has 2 N–H and O–H groups in total. The molecule has 0 saturated carbocycles. The first-order chi connectivity index (χ1) is 6.79. The highest BCUT2D eigenvalue weighted by atomic mass is 16.5. The van der Waals surface area contributed by atoms with Crippen molar-refractivity contribution in [3.8, 4) is 0 Å². The maximum Gasteiger partial charge on any atom is 0.0971 e. The van der Waals surface area contributed by atoms with E-state index in [1.54, 1.807) is 7.11 Å². The fraction of sp³-hybridized carbons (Fsp3) is 0.500. The summed E-state index contributed by atoms with van der Waals surface area (Å²) < 4.78 is 5.43. The first-order valence-corrected chi connectivity index (χ1v) is 5.13. The second-order valence-electron chi connectivity index (χ2n) is 3.52. The van der Waals surface area contributed by atoms with E-state index < -0.39 is 0 Å². The Bertz CT molecular complexity index is 248. The van der Waals surface area contributed by atoms with E-state index in [1.807, 2.05) is 18.2 Å². The van der Waals surface area contributed by atoms with Crippen molar-refractivity contribution < 1.29 is 4.74 Å². The lowest BCUT2D eigenvalue weighted by atomic mass is 9.99. The Balaban J connectivity index is 2.71. The molecule has 0 aliphatic rings. The zero-order valence-corrected chi connectivity index (χ0v) is 8.94. The number of benzene rings is 1. The summed E-state index contributed by atoms with van der Waals surface area (Å²) in [5.74, 6) is 0. The highest BCUT2D eigenvalue weighted by Gasteiger charge is 2.17. The molecule has 14 heavy (non-hydrogen) atoms. The van der Waals surface area contributed by atoms with Gasteiger partial charge in [0.1, 0.15) is 0 Å². The second kappa shape index (κ2) is 5.78. The third kappa shape index (κ3) is 2.82. The van der Waals surface area contributed by atoms with Gasteiger partial charge in [0.05, 0.1) is 6.10 Å². The van der Waals surface area contributed by atoms with Crippen LogP contribution in [-0.2, 0) is 4.74 Å². The standard InChI is InChI=1S/C12H19NO/c1-3-7-11(13)12(14-2)10-8-5-4-6-9-10/h4-6,8-9,11-12H,3,7,13H2,1-2H3. The van der Waals surface area contributed by atoms with Crippen molar-refractivity contribution >= 4 is 0 Å². The zero-order valence-electron chi connectivity index (χ0n) is 8.94. The Labute approximate surface area is 86.1 Å². The largest absolute Gasteiger partial charge is 0.375 e. The van der Waals surface area contributed by atoms with Gasteiger partial charge in [-0.25, -0.2) is 0 Å². The second-order valence-corrected chi connectivity index (χ2v) is 3.52. The number of rotatable bonds is 5. The molecule has 0 amide bonds. The van der Waals surface area contributed by atoms with Crippen molar-refractivity contribution in [1.29, 1.82) is 0 Å². The van der Waals surface area contributed by atoms with E-state index in [0.29, 0.717) is 0 Å². The minimum absolute atomic E-state index is 0.0242. The van der Waals surface area contributed by atoms with Gasteiger partial charge in [0.2, 0.25) is 0 Å². The highest BCUT2D eigenvalue weighted by Crippen LogP contribution is 2.21. The minimum atomic E-state index is 0.0242. The van der Waals surface area contributed by atoms with Crippen molar-refractivity contribution in [3.63, 3.8) is 0 Å². The molecule has 0 fully saturated rings. The maximum absolute atomic E-state index is 6.05. The topological polar surface area (TPSA) is 35.2 Å². The fourth-order valence-electron chi connectivity index (χ4n) is 1.69. The third-order valence-corrected chi connectivity index (χ3v) is 2.39. The van der Waals surface area contributed by atoms with Crippen molar-refractivity contribution in [1.82, 2.24) is 0 Å². The van der Waals surface area contributed by atoms with Crippen LogP contribution in [0, 0.1) is 0 Å². The number of methoxy groups -OCH3 is 1. The molecule has 0 aromatic heterocycles. The molecular formula is C12H19NO. The van der Waals surface area contributed by atoms with Gasteiger partial charge in [-0.2, -0.15) is 0 Å². The zero-order chi connectivity index (χ0) is 10.4. The predicted octanol–water partition coefficient (Wildman–Crippen LogP) is 2.50. The summed E-state index contributed by atoms with van der Waals surface area (Å²) in [5.41, 5.74) is 7.21. The van der Waals surface area contributed by atoms with Crippen LogP contribution in [0.1, 0.15) is 31.4 Å². The van der Waals surface area contributed by atoms with Gasteiger partial charge < -0.3 is 10.5 Å². The van der Waals surface area contributed by atoms with E-state index in [2.05, 4.69) is 19.1 Å². The summed E-state index contributed by atoms with van der Waals surface area (Å²) in [6, 6.07) is 10.2. The van der Waals surface area contributed by atoms with E-state index in [-0.39, 0.29) is 12.1 Å². The van der Waals surface area contributed by atoms with Crippen molar-refractivity contribution in [2.45, 2.75) is 31.9 Å². The number of ether oxygens (including phenoxy) is 1. The molecule has 1 aromatic carbocycles. The molecule has 1 aromatic rings. The van der Waals surface area contributed by atoms with Crippen LogP contribution in [0.15, 0.2) is 30.3 Å². The monoisotopic (exact) mass is 193 g/mol. The van der Waals surface area contributed by atoms with Gasteiger partial charge in [-0.3, -0.25) is 0 Å². The molecule has 0 bridgehead atoms. The molecule has 2 heteroatoms. The normalized spacial score (nSPS) is 15.1. The summed E-state index contributed by atoms with van der Waals surface area (Å²) in [4.78, 5) is 0. The molecule has 1 rings (SSSR count). The van der Waals surface area contributed by atoms with Crippen molar-refractivity contribution in [2.75, 3.05) is 7.11 Å². The SMILES string of the molecule is CCCC(N)C(OC)c1ccccc1. The van der Waals surface area contributed by atoms with Crippen molar-refractivity contribution in [3.05, 3.63) is 35.9 Å². The molecule has 0 saturated heterocycles. The molecule has 0 spiro atoms. The van der Waals surface area contributed by atoms with E-state index >= 15 is 0 Å². The van der Waals surface area contributed by atoms with Gasteiger partial charge in [0.15, 0.2) is 0 Å². The maximum atomic E-state index is 6.05. The molecule has 0 aliphatic heterocycles. The quantitative estimate of drug-likeness (QED) is 0.779. The first kappa shape index (κ1) is 11.2. The van der Waals surface area contributed by atoms with Gasteiger partial charge in [0.25, 0.3) is 0 Å². The number of hydrogen-bond acceptors (Lipinski definition) is 2. The van der Waals surface area contributed by atoms with E-state index in [1.165, 1.54) is 0 Å². The molecule has 0 aliphatic carbocycles. The lowest BCUT2D eigenvalue weighted by molar-refractivity contribution is 0.0774. The summed E-state index contributed by atoms with van der Waals surface area (Å²) in [7, 11) is 1.72. The molecular weight excluding hydrogens is 174 g/mol. The Morgan fingerprint density at radius 3 is 2.43 bits per heavy atom. The predicted molar refractivity (Wildman–Crippen MR) is 59.1 cm³/mol. The van der Waals surface area contributed by atoms with Crippen LogP contribution in [0.3, 0.4) is 0 Å². The summed E-state index contributed by atoms with van der Waals surface area (Å²) >= 11 is 0. The molecule has 2 unspecified atom stereocenters. The van der Waals surface area contributed by atoms with Crippen LogP contribution in [0.25, 0.3) is 0 Å². The van der Waals surface area contributed by atoms with Crippen LogP contribution in [0.4, 0.5) is 0 Å². The molecule has 0 heterocycles. The lowest BCUT2D eigenvalue weighted by Crippen LogP contribution is -2.29. The van der Waals surface area contributed by atoms with E-state index in [4.69, 9.17) is 10.5 Å². The van der Waals surface area contributed by atoms with Gasteiger partial charge in [-0.05, 0) is 12.0 Å². The Kier molecular flexibility index (Phi) is 4.63. The molecule has 78 valence electrons. The van der Waals surface area contributed by atoms with Crippen LogP contribution < -0.4 is 5.73 Å². The van der Waals surface area contributed by atoms with Crippen LogP contribution >= 0.6 is 0 Å². The first-order valence-electron chi connectivity index (χ1n) is 5.13. The number of nitrogens with two attached hydrogens (primary N) is 1. The summed E-state index contributed by atoms with van der Waals surface area (Å²) in [5, 5.41) is 0. The van der Waals surface area contributed by atoms with Gasteiger partial charge >= 0.3 is 0 Å². The number of hydrogen-bond donors (Lipinski definition) is 1. The Morgan fingerprint density at radius 1 is 1.29 bits per heavy atom. The lowest BCUT2D eigenvalue weighted by Gasteiger charge is -2.22. The summed E-state index contributed by atoms with van der Waals surface area (Å²) in [6.07, 6.45) is 2.11. The van der Waals surface area contributed by atoms with Gasteiger partial charge in [-0.15, -0.1) is 0 Å². The van der Waals surface area contributed by atoms with Crippen molar-refractivity contribution in [2.24, 2.45) is 5.73 Å².